The van der Waals surface area contributed by atoms with Crippen LogP contribution < -0.4 is 5.32 Å². The number of benzene rings is 1. The van der Waals surface area contributed by atoms with Crippen molar-refractivity contribution in [3.8, 4) is 0 Å². The first-order valence-corrected chi connectivity index (χ1v) is 7.89. The molecule has 0 aliphatic carbocycles. The summed E-state index contributed by atoms with van der Waals surface area (Å²) in [5, 5.41) is 4.66. The third-order valence-electron chi connectivity index (χ3n) is 3.04. The highest BCUT2D eigenvalue weighted by molar-refractivity contribution is 7.99. The van der Waals surface area contributed by atoms with Gasteiger partial charge in [-0.25, -0.2) is 4.98 Å². The quantitative estimate of drug-likeness (QED) is 0.783. The van der Waals surface area contributed by atoms with Crippen LogP contribution in [-0.2, 0) is 11.3 Å². The van der Waals surface area contributed by atoms with Crippen LogP contribution in [0.25, 0.3) is 0 Å². The van der Waals surface area contributed by atoms with E-state index in [2.05, 4.69) is 10.3 Å². The van der Waals surface area contributed by atoms with Crippen molar-refractivity contribution in [2.75, 3.05) is 20.3 Å². The molecule has 1 aromatic carbocycles. The van der Waals surface area contributed by atoms with Gasteiger partial charge in [-0.3, -0.25) is 0 Å². The number of aryl methyl sites for hydroxylation is 2. The summed E-state index contributed by atoms with van der Waals surface area (Å²) in [6.07, 6.45) is 0. The van der Waals surface area contributed by atoms with Gasteiger partial charge in [0.25, 0.3) is 5.22 Å². The molecule has 0 radical (unpaired) electrons. The first-order valence-electron chi connectivity index (χ1n) is 6.70. The second-order valence-electron chi connectivity index (χ2n) is 4.65. The normalized spacial score (nSPS) is 11.0. The van der Waals surface area contributed by atoms with E-state index in [1.807, 2.05) is 32.0 Å². The fraction of sp³-hybridized carbons (Fsp3) is 0.400. The van der Waals surface area contributed by atoms with Gasteiger partial charge < -0.3 is 14.5 Å². The lowest BCUT2D eigenvalue weighted by Crippen LogP contribution is -2.18. The zero-order valence-electron chi connectivity index (χ0n) is 12.4. The van der Waals surface area contributed by atoms with Crippen LogP contribution in [0.15, 0.2) is 32.7 Å². The van der Waals surface area contributed by atoms with E-state index in [0.717, 1.165) is 40.0 Å². The Morgan fingerprint density at radius 2 is 2.19 bits per heavy atom. The number of oxazole rings is 1. The predicted molar refractivity (Wildman–Crippen MR) is 85.1 cm³/mol. The van der Waals surface area contributed by atoms with Gasteiger partial charge in [-0.15, -0.1) is 0 Å². The third kappa shape index (κ3) is 4.74. The average Bonchev–Trinajstić information content (AvgIpc) is 2.75. The largest absolute Gasteiger partial charge is 0.436 e. The molecule has 0 unspecified atom stereocenters. The van der Waals surface area contributed by atoms with Gasteiger partial charge in [0.1, 0.15) is 5.76 Å². The Balaban J connectivity index is 1.98. The molecule has 0 atom stereocenters. The molecule has 0 aliphatic heterocycles. The molecule has 0 aliphatic rings. The number of nitrogens with zero attached hydrogens (tertiary/aromatic N) is 1. The van der Waals surface area contributed by atoms with Crippen molar-refractivity contribution in [2.45, 2.75) is 30.5 Å². The van der Waals surface area contributed by atoms with E-state index in [1.165, 1.54) is 11.8 Å². The van der Waals surface area contributed by atoms with Gasteiger partial charge in [0.05, 0.1) is 12.3 Å². The van der Waals surface area contributed by atoms with Gasteiger partial charge in [0.15, 0.2) is 0 Å². The molecule has 2 aromatic rings. The molecule has 6 heteroatoms. The van der Waals surface area contributed by atoms with Gasteiger partial charge in [-0.1, -0.05) is 17.7 Å². The molecule has 0 spiro atoms. The molecule has 2 rings (SSSR count). The Morgan fingerprint density at radius 3 is 2.81 bits per heavy atom. The van der Waals surface area contributed by atoms with Crippen LogP contribution in [0.3, 0.4) is 0 Å². The molecule has 0 saturated carbocycles. The Hall–Kier alpha value is -1.01. The first kappa shape index (κ1) is 16.4. The van der Waals surface area contributed by atoms with Crippen LogP contribution in [0.1, 0.15) is 17.0 Å². The summed E-state index contributed by atoms with van der Waals surface area (Å²) in [6, 6.07) is 5.99. The summed E-state index contributed by atoms with van der Waals surface area (Å²) in [5.74, 6) is 0.850. The van der Waals surface area contributed by atoms with E-state index >= 15 is 0 Å². The van der Waals surface area contributed by atoms with E-state index in [1.54, 1.807) is 7.11 Å². The van der Waals surface area contributed by atoms with E-state index < -0.39 is 0 Å². The standard InChI is InChI=1S/C15H19ClN2O2S/c1-10-11(2)20-15(18-10)21-13-5-4-12(14(16)8-13)9-17-6-7-19-3/h4-5,8,17H,6-7,9H2,1-3H3. The van der Waals surface area contributed by atoms with Crippen LogP contribution in [0.4, 0.5) is 0 Å². The molecule has 0 saturated heterocycles. The number of halogens is 1. The molecule has 1 N–H and O–H groups in total. The van der Waals surface area contributed by atoms with Gasteiger partial charge in [-0.05, 0) is 43.3 Å². The molecular weight excluding hydrogens is 308 g/mol. The van der Waals surface area contributed by atoms with Crippen molar-refractivity contribution in [2.24, 2.45) is 0 Å². The minimum Gasteiger partial charge on any atom is -0.436 e. The predicted octanol–water partition coefficient (Wildman–Crippen LogP) is 3.83. The lowest BCUT2D eigenvalue weighted by Gasteiger charge is -2.07. The number of nitrogens with one attached hydrogen (secondary N) is 1. The highest BCUT2D eigenvalue weighted by atomic mass is 35.5. The SMILES string of the molecule is COCCNCc1ccc(Sc2nc(C)c(C)o2)cc1Cl. The summed E-state index contributed by atoms with van der Waals surface area (Å²) in [6.45, 7) is 6.07. The summed E-state index contributed by atoms with van der Waals surface area (Å²) in [7, 11) is 1.69. The van der Waals surface area contributed by atoms with Gasteiger partial charge in [0.2, 0.25) is 0 Å². The number of methoxy groups -OCH3 is 1. The minimum atomic E-state index is 0.645. The zero-order chi connectivity index (χ0) is 15.2. The fourth-order valence-electron chi connectivity index (χ4n) is 1.72. The Bertz CT molecular complexity index is 582. The molecule has 21 heavy (non-hydrogen) atoms. The number of hydrogen-bond donors (Lipinski definition) is 1. The number of ether oxygens (including phenoxy) is 1. The molecule has 114 valence electrons. The van der Waals surface area contributed by atoms with Crippen molar-refractivity contribution < 1.29 is 9.15 Å². The Labute approximate surface area is 134 Å². The lowest BCUT2D eigenvalue weighted by atomic mass is 10.2. The molecule has 4 nitrogen and oxygen atoms in total. The highest BCUT2D eigenvalue weighted by Gasteiger charge is 2.09. The van der Waals surface area contributed by atoms with E-state index in [-0.39, 0.29) is 0 Å². The molecular formula is C15H19ClN2O2S. The van der Waals surface area contributed by atoms with Crippen molar-refractivity contribution in [1.82, 2.24) is 10.3 Å². The smallest absolute Gasteiger partial charge is 0.260 e. The van der Waals surface area contributed by atoms with E-state index in [4.69, 9.17) is 20.8 Å². The van der Waals surface area contributed by atoms with Gasteiger partial charge in [0, 0.05) is 30.1 Å². The molecule has 0 amide bonds. The van der Waals surface area contributed by atoms with Crippen molar-refractivity contribution >= 4 is 23.4 Å². The van der Waals surface area contributed by atoms with Crippen LogP contribution in [0, 0.1) is 13.8 Å². The van der Waals surface area contributed by atoms with Crippen molar-refractivity contribution in [1.29, 1.82) is 0 Å². The number of aromatic nitrogens is 1. The van der Waals surface area contributed by atoms with Crippen LogP contribution in [0.5, 0.6) is 0 Å². The van der Waals surface area contributed by atoms with Crippen LogP contribution >= 0.6 is 23.4 Å². The molecule has 1 heterocycles. The van der Waals surface area contributed by atoms with E-state index in [0.29, 0.717) is 11.8 Å². The van der Waals surface area contributed by atoms with Crippen LogP contribution in [0.2, 0.25) is 5.02 Å². The lowest BCUT2D eigenvalue weighted by molar-refractivity contribution is 0.199. The maximum absolute atomic E-state index is 6.31. The van der Waals surface area contributed by atoms with Crippen LogP contribution in [-0.4, -0.2) is 25.2 Å². The van der Waals surface area contributed by atoms with Crippen molar-refractivity contribution in [3.63, 3.8) is 0 Å². The summed E-state index contributed by atoms with van der Waals surface area (Å²) >= 11 is 7.78. The summed E-state index contributed by atoms with van der Waals surface area (Å²) in [5.41, 5.74) is 1.99. The fourth-order valence-corrected chi connectivity index (χ4v) is 2.90. The average molecular weight is 327 g/mol. The monoisotopic (exact) mass is 326 g/mol. The number of rotatable bonds is 7. The maximum Gasteiger partial charge on any atom is 0.260 e. The minimum absolute atomic E-state index is 0.645. The highest BCUT2D eigenvalue weighted by Crippen LogP contribution is 2.31. The second-order valence-corrected chi connectivity index (χ2v) is 6.08. The summed E-state index contributed by atoms with van der Waals surface area (Å²) < 4.78 is 10.6. The second kappa shape index (κ2) is 7.84. The molecule has 1 aromatic heterocycles. The first-order chi connectivity index (χ1) is 10.1. The molecule has 0 bridgehead atoms. The number of hydrogen-bond acceptors (Lipinski definition) is 5. The van der Waals surface area contributed by atoms with Crippen molar-refractivity contribution in [3.05, 3.63) is 40.2 Å². The maximum atomic E-state index is 6.31. The van der Waals surface area contributed by atoms with E-state index in [9.17, 15) is 0 Å². The van der Waals surface area contributed by atoms with Gasteiger partial charge >= 0.3 is 0 Å². The Morgan fingerprint density at radius 1 is 1.38 bits per heavy atom. The van der Waals surface area contributed by atoms with Gasteiger partial charge in [-0.2, -0.15) is 0 Å². The third-order valence-corrected chi connectivity index (χ3v) is 4.23. The topological polar surface area (TPSA) is 47.3 Å². The summed E-state index contributed by atoms with van der Waals surface area (Å²) in [4.78, 5) is 5.37. The molecule has 0 fully saturated rings. The Kier molecular flexibility index (Phi) is 6.11. The zero-order valence-corrected chi connectivity index (χ0v) is 14.0.